The van der Waals surface area contributed by atoms with Crippen LogP contribution in [-0.4, -0.2) is 61.1 Å². The van der Waals surface area contributed by atoms with E-state index in [0.717, 1.165) is 48.6 Å². The average molecular weight is 548 g/mol. The van der Waals surface area contributed by atoms with Gasteiger partial charge in [0, 0.05) is 49.4 Å². The number of rotatable bonds is 6. The van der Waals surface area contributed by atoms with E-state index < -0.39 is 17.6 Å². The molecule has 0 bridgehead atoms. The van der Waals surface area contributed by atoms with Crippen molar-refractivity contribution in [3.05, 3.63) is 76.5 Å². The number of carbonyl (C=O) groups excluding carboxylic acids is 2. The molecule has 2 aromatic carbocycles. The zero-order valence-electron chi connectivity index (χ0n) is 21.0. The highest BCUT2D eigenvalue weighted by molar-refractivity contribution is 7.20. The molecule has 0 radical (unpaired) electrons. The highest BCUT2D eigenvalue weighted by Gasteiger charge is 2.18. The van der Waals surface area contributed by atoms with Gasteiger partial charge in [-0.2, -0.15) is 0 Å². The molecule has 0 aliphatic carbocycles. The lowest BCUT2D eigenvalue weighted by atomic mass is 10.1. The quantitative estimate of drug-likeness (QED) is 0.334. The van der Waals surface area contributed by atoms with Crippen LogP contribution < -0.4 is 25.4 Å². The fourth-order valence-corrected chi connectivity index (χ4v) is 5.47. The molecule has 2 aliphatic rings. The summed E-state index contributed by atoms with van der Waals surface area (Å²) in [5, 5.41) is 9.56. The Morgan fingerprint density at radius 1 is 0.949 bits per heavy atom. The first kappa shape index (κ1) is 25.2. The van der Waals surface area contributed by atoms with Crippen molar-refractivity contribution >= 4 is 44.7 Å². The van der Waals surface area contributed by atoms with Crippen LogP contribution in [0.2, 0.25) is 0 Å². The number of nitrogens with one attached hydrogen (secondary N) is 3. The van der Waals surface area contributed by atoms with Gasteiger partial charge in [0.1, 0.15) is 23.9 Å². The van der Waals surface area contributed by atoms with Crippen molar-refractivity contribution < 1.29 is 23.5 Å². The second-order valence-corrected chi connectivity index (χ2v) is 10.3. The van der Waals surface area contributed by atoms with Crippen LogP contribution in [0.5, 0.6) is 11.5 Å². The van der Waals surface area contributed by atoms with E-state index >= 15 is 0 Å². The number of hydrogen-bond acceptors (Lipinski definition) is 8. The zero-order valence-corrected chi connectivity index (χ0v) is 21.8. The number of hydrogen-bond donors (Lipinski definition) is 3. The first-order valence-electron chi connectivity index (χ1n) is 12.7. The van der Waals surface area contributed by atoms with Gasteiger partial charge in [-0.05, 0) is 48.5 Å². The normalized spacial score (nSPS) is 15.2. The Balaban J connectivity index is 1.14. The predicted molar refractivity (Wildman–Crippen MR) is 148 cm³/mol. The van der Waals surface area contributed by atoms with Crippen LogP contribution in [0.15, 0.2) is 54.6 Å². The lowest BCUT2D eigenvalue weighted by molar-refractivity contribution is 0.102. The third kappa shape index (κ3) is 5.70. The number of amides is 2. The number of ether oxygens (including phenoxy) is 2. The maximum Gasteiger partial charge on any atom is 0.265 e. The van der Waals surface area contributed by atoms with Gasteiger partial charge < -0.3 is 25.4 Å². The largest absolute Gasteiger partial charge is 0.486 e. The first-order valence-corrected chi connectivity index (χ1v) is 13.5. The highest BCUT2D eigenvalue weighted by atomic mass is 32.1. The minimum absolute atomic E-state index is 0.0372. The second kappa shape index (κ2) is 11.0. The van der Waals surface area contributed by atoms with Crippen LogP contribution in [0.3, 0.4) is 0 Å². The fourth-order valence-electron chi connectivity index (χ4n) is 4.52. The van der Waals surface area contributed by atoms with Crippen LogP contribution in [0, 0.1) is 5.82 Å². The number of benzene rings is 2. The van der Waals surface area contributed by atoms with Crippen LogP contribution in [0.25, 0.3) is 10.2 Å². The van der Waals surface area contributed by atoms with Crippen molar-refractivity contribution in [1.29, 1.82) is 0 Å². The van der Waals surface area contributed by atoms with Crippen LogP contribution in [-0.2, 0) is 6.54 Å². The van der Waals surface area contributed by atoms with Gasteiger partial charge >= 0.3 is 0 Å². The van der Waals surface area contributed by atoms with Crippen LogP contribution in [0.1, 0.15) is 25.7 Å². The van der Waals surface area contributed by atoms with Crippen LogP contribution in [0.4, 0.5) is 15.8 Å². The molecule has 9 nitrogen and oxygen atoms in total. The molecule has 6 rings (SSSR count). The number of fused-ring (bicyclic) bond motifs is 2. The Morgan fingerprint density at radius 3 is 2.62 bits per heavy atom. The number of piperazine rings is 1. The Morgan fingerprint density at radius 2 is 1.77 bits per heavy atom. The van der Waals surface area contributed by atoms with E-state index in [9.17, 15) is 14.0 Å². The second-order valence-electron chi connectivity index (χ2n) is 9.30. The molecule has 39 heavy (non-hydrogen) atoms. The van der Waals surface area contributed by atoms with Crippen molar-refractivity contribution in [2.75, 3.05) is 50.0 Å². The first-order chi connectivity index (χ1) is 19.0. The van der Waals surface area contributed by atoms with E-state index in [1.807, 2.05) is 12.1 Å². The predicted octanol–water partition coefficient (Wildman–Crippen LogP) is 4.12. The van der Waals surface area contributed by atoms with E-state index in [2.05, 4.69) is 20.9 Å². The Labute approximate surface area is 227 Å². The zero-order chi connectivity index (χ0) is 26.8. The third-order valence-corrected chi connectivity index (χ3v) is 7.58. The molecule has 2 aliphatic heterocycles. The molecule has 3 N–H and O–H groups in total. The summed E-state index contributed by atoms with van der Waals surface area (Å²) in [6.45, 7) is 5.49. The van der Waals surface area contributed by atoms with Gasteiger partial charge in [-0.3, -0.25) is 14.5 Å². The van der Waals surface area contributed by atoms with Crippen molar-refractivity contribution in [3.63, 3.8) is 0 Å². The summed E-state index contributed by atoms with van der Waals surface area (Å²) in [7, 11) is 0. The molecule has 2 amide bonds. The van der Waals surface area contributed by atoms with Crippen molar-refractivity contribution in [1.82, 2.24) is 15.2 Å². The van der Waals surface area contributed by atoms with E-state index in [4.69, 9.17) is 14.5 Å². The minimum Gasteiger partial charge on any atom is -0.486 e. The van der Waals surface area contributed by atoms with E-state index in [1.54, 1.807) is 24.3 Å². The van der Waals surface area contributed by atoms with E-state index in [0.29, 0.717) is 40.8 Å². The monoisotopic (exact) mass is 547 g/mol. The SMILES string of the molecule is O=C(Nc1ccc(F)c(NC(=O)c2cc3ccc(CN4CCNCC4)nc3s2)c1)c1ccc2c(c1)OCCO2. The van der Waals surface area contributed by atoms with E-state index in [-0.39, 0.29) is 5.69 Å². The lowest BCUT2D eigenvalue weighted by Gasteiger charge is -2.26. The Hall–Kier alpha value is -4.06. The van der Waals surface area contributed by atoms with Crippen molar-refractivity contribution in [2.24, 2.45) is 0 Å². The average Bonchev–Trinajstić information content (AvgIpc) is 3.39. The molecule has 4 heterocycles. The van der Waals surface area contributed by atoms with Gasteiger partial charge in [0.15, 0.2) is 11.5 Å². The van der Waals surface area contributed by atoms with Crippen molar-refractivity contribution in [3.8, 4) is 11.5 Å². The van der Waals surface area contributed by atoms with Crippen LogP contribution >= 0.6 is 11.3 Å². The van der Waals surface area contributed by atoms with Gasteiger partial charge in [0.2, 0.25) is 0 Å². The molecule has 2 aromatic heterocycles. The number of aromatic nitrogens is 1. The standard InChI is InChI=1S/C28H26FN5O4S/c29-21-5-4-19(31-26(35)17-2-6-23-24(13-17)38-12-11-37-23)15-22(21)33-27(36)25-14-18-1-3-20(32-28(18)39-25)16-34-9-7-30-8-10-34/h1-6,13-15,30H,7-12,16H2,(H,31,35)(H,33,36). The molecule has 0 atom stereocenters. The van der Waals surface area contributed by atoms with Gasteiger partial charge in [-0.1, -0.05) is 6.07 Å². The number of pyridine rings is 1. The maximum absolute atomic E-state index is 14.6. The highest BCUT2D eigenvalue weighted by Crippen LogP contribution is 2.31. The Kier molecular flexibility index (Phi) is 7.10. The minimum atomic E-state index is -0.613. The molecule has 1 saturated heterocycles. The maximum atomic E-state index is 14.6. The molecule has 1 fully saturated rings. The molecule has 0 spiro atoms. The third-order valence-electron chi connectivity index (χ3n) is 6.54. The smallest absolute Gasteiger partial charge is 0.265 e. The summed E-state index contributed by atoms with van der Waals surface area (Å²) in [6, 6.07) is 14.6. The molecular formula is C28H26FN5O4S. The molecule has 4 aromatic rings. The molecular weight excluding hydrogens is 521 g/mol. The molecule has 0 saturated carbocycles. The lowest BCUT2D eigenvalue weighted by Crippen LogP contribution is -2.43. The molecule has 11 heteroatoms. The summed E-state index contributed by atoms with van der Waals surface area (Å²) >= 11 is 1.26. The van der Waals surface area contributed by atoms with Gasteiger partial charge in [-0.15, -0.1) is 11.3 Å². The van der Waals surface area contributed by atoms with Gasteiger partial charge in [0.05, 0.1) is 16.3 Å². The number of thiophene rings is 1. The number of halogens is 1. The molecule has 0 unspecified atom stereocenters. The summed E-state index contributed by atoms with van der Waals surface area (Å²) in [4.78, 5) is 34.1. The number of anilines is 2. The van der Waals surface area contributed by atoms with Gasteiger partial charge in [-0.25, -0.2) is 9.37 Å². The number of carbonyl (C=O) groups is 2. The Bertz CT molecular complexity index is 1550. The fraction of sp³-hybridized carbons (Fsp3) is 0.250. The van der Waals surface area contributed by atoms with E-state index in [1.165, 1.54) is 29.5 Å². The summed E-state index contributed by atoms with van der Waals surface area (Å²) < 4.78 is 25.6. The number of nitrogens with zero attached hydrogens (tertiary/aromatic N) is 2. The summed E-state index contributed by atoms with van der Waals surface area (Å²) in [6.07, 6.45) is 0. The van der Waals surface area contributed by atoms with Gasteiger partial charge in [0.25, 0.3) is 11.8 Å². The topological polar surface area (TPSA) is 105 Å². The summed E-state index contributed by atoms with van der Waals surface area (Å²) in [5.74, 6) is -0.386. The summed E-state index contributed by atoms with van der Waals surface area (Å²) in [5.41, 5.74) is 1.61. The molecule has 200 valence electrons. The van der Waals surface area contributed by atoms with Crippen molar-refractivity contribution in [2.45, 2.75) is 6.54 Å².